The van der Waals surface area contributed by atoms with Crippen LogP contribution in [-0.2, 0) is 0 Å². The Kier molecular flexibility index (Phi) is 2.73. The molecular weight excluding hydrogens is 158 g/mol. The van der Waals surface area contributed by atoms with Crippen LogP contribution in [0.1, 0.15) is 44.9 Å². The second-order valence-corrected chi connectivity index (χ2v) is 4.66. The summed E-state index contributed by atoms with van der Waals surface area (Å²) < 4.78 is 0. The number of hydrogen-bond donors (Lipinski definition) is 1. The van der Waals surface area contributed by atoms with Crippen LogP contribution in [0.25, 0.3) is 0 Å². The molecule has 1 atom stereocenters. The summed E-state index contributed by atoms with van der Waals surface area (Å²) in [5, 5.41) is 3.79. The Balaban J connectivity index is 2.04. The Bertz CT molecular complexity index is 174. The molecule has 0 bridgehead atoms. The van der Waals surface area contributed by atoms with Crippen molar-refractivity contribution < 1.29 is 0 Å². The van der Waals surface area contributed by atoms with E-state index in [-0.39, 0.29) is 0 Å². The van der Waals surface area contributed by atoms with Gasteiger partial charge in [-0.1, -0.05) is 18.9 Å². The minimum Gasteiger partial charge on any atom is -0.311 e. The van der Waals surface area contributed by atoms with Gasteiger partial charge in [0.25, 0.3) is 0 Å². The Morgan fingerprint density at radius 1 is 1.31 bits per heavy atom. The summed E-state index contributed by atoms with van der Waals surface area (Å²) >= 11 is 0. The fraction of sp³-hybridized carbons (Fsp3) is 0.833. The van der Waals surface area contributed by atoms with Gasteiger partial charge in [0, 0.05) is 5.54 Å². The van der Waals surface area contributed by atoms with E-state index in [1.165, 1.54) is 51.5 Å². The Morgan fingerprint density at radius 2 is 2.15 bits per heavy atom. The average Bonchev–Trinajstić information content (AvgIpc) is 2.92. The van der Waals surface area contributed by atoms with Gasteiger partial charge >= 0.3 is 0 Å². The van der Waals surface area contributed by atoms with E-state index in [1.54, 1.807) is 0 Å². The maximum Gasteiger partial charge on any atom is 0.0243 e. The molecule has 74 valence electrons. The van der Waals surface area contributed by atoms with Gasteiger partial charge in [0.2, 0.25) is 0 Å². The Hall–Kier alpha value is -0.300. The molecule has 1 heterocycles. The van der Waals surface area contributed by atoms with Gasteiger partial charge in [0.05, 0.1) is 0 Å². The van der Waals surface area contributed by atoms with Crippen molar-refractivity contribution in [1.29, 1.82) is 0 Å². The van der Waals surface area contributed by atoms with Gasteiger partial charge in [0.15, 0.2) is 0 Å². The maximum absolute atomic E-state index is 3.90. The molecule has 0 radical (unpaired) electrons. The largest absolute Gasteiger partial charge is 0.311 e. The van der Waals surface area contributed by atoms with Crippen LogP contribution >= 0.6 is 0 Å². The van der Waals surface area contributed by atoms with E-state index in [9.17, 15) is 0 Å². The monoisotopic (exact) mass is 179 g/mol. The number of nitrogens with one attached hydrogen (secondary N) is 1. The molecule has 0 spiro atoms. The van der Waals surface area contributed by atoms with Crippen molar-refractivity contribution in [3.05, 3.63) is 12.7 Å². The topological polar surface area (TPSA) is 12.0 Å². The third-order valence-corrected chi connectivity index (χ3v) is 3.64. The molecule has 13 heavy (non-hydrogen) atoms. The molecule has 1 unspecified atom stereocenters. The third-order valence-electron chi connectivity index (χ3n) is 3.64. The summed E-state index contributed by atoms with van der Waals surface area (Å²) in [5.41, 5.74) is 0.457. The third kappa shape index (κ3) is 1.96. The van der Waals surface area contributed by atoms with E-state index in [0.717, 1.165) is 5.92 Å². The SMILES string of the molecule is C=CCC1(C2CC2)CCCCCN1. The quantitative estimate of drug-likeness (QED) is 0.657. The zero-order chi connectivity index (χ0) is 9.15. The number of hydrogen-bond acceptors (Lipinski definition) is 1. The smallest absolute Gasteiger partial charge is 0.0243 e. The van der Waals surface area contributed by atoms with Crippen LogP contribution in [0.15, 0.2) is 12.7 Å². The predicted octanol–water partition coefficient (Wildman–Crippen LogP) is 2.87. The van der Waals surface area contributed by atoms with Gasteiger partial charge in [-0.2, -0.15) is 0 Å². The van der Waals surface area contributed by atoms with Crippen LogP contribution in [0.3, 0.4) is 0 Å². The molecule has 2 aliphatic rings. The summed E-state index contributed by atoms with van der Waals surface area (Å²) in [4.78, 5) is 0. The minimum atomic E-state index is 0.457. The molecular formula is C12H21N. The van der Waals surface area contributed by atoms with Gasteiger partial charge < -0.3 is 5.32 Å². The second kappa shape index (κ2) is 3.83. The van der Waals surface area contributed by atoms with Crippen molar-refractivity contribution in [1.82, 2.24) is 5.32 Å². The summed E-state index contributed by atoms with van der Waals surface area (Å²) in [6, 6.07) is 0. The van der Waals surface area contributed by atoms with E-state index in [1.807, 2.05) is 0 Å². The second-order valence-electron chi connectivity index (χ2n) is 4.66. The van der Waals surface area contributed by atoms with Gasteiger partial charge in [-0.3, -0.25) is 0 Å². The van der Waals surface area contributed by atoms with Crippen LogP contribution in [0.4, 0.5) is 0 Å². The lowest BCUT2D eigenvalue weighted by molar-refractivity contribution is 0.276. The minimum absolute atomic E-state index is 0.457. The fourth-order valence-corrected chi connectivity index (χ4v) is 2.75. The molecule has 1 N–H and O–H groups in total. The highest BCUT2D eigenvalue weighted by Gasteiger charge is 2.43. The first-order chi connectivity index (χ1) is 6.37. The lowest BCUT2D eigenvalue weighted by Crippen LogP contribution is -2.46. The molecule has 2 fully saturated rings. The molecule has 1 heteroatoms. The standard InChI is InChI=1S/C12H21N/c1-2-8-12(11-6-7-11)9-4-3-5-10-13-12/h2,11,13H,1,3-10H2. The Morgan fingerprint density at radius 3 is 2.85 bits per heavy atom. The first kappa shape index (κ1) is 9.26. The van der Waals surface area contributed by atoms with Crippen molar-refractivity contribution in [3.63, 3.8) is 0 Å². The van der Waals surface area contributed by atoms with Crippen molar-refractivity contribution >= 4 is 0 Å². The van der Waals surface area contributed by atoms with E-state index >= 15 is 0 Å². The zero-order valence-corrected chi connectivity index (χ0v) is 8.52. The maximum atomic E-state index is 3.90. The zero-order valence-electron chi connectivity index (χ0n) is 8.52. The normalized spacial score (nSPS) is 35.4. The molecule has 0 amide bonds. The first-order valence-corrected chi connectivity index (χ1v) is 5.73. The lowest BCUT2D eigenvalue weighted by Gasteiger charge is -2.33. The molecule has 0 aromatic rings. The fourth-order valence-electron chi connectivity index (χ4n) is 2.75. The highest BCUT2D eigenvalue weighted by atomic mass is 15.0. The van der Waals surface area contributed by atoms with Crippen LogP contribution in [0, 0.1) is 5.92 Å². The predicted molar refractivity (Wildman–Crippen MR) is 56.7 cm³/mol. The highest BCUT2D eigenvalue weighted by Crippen LogP contribution is 2.45. The molecule has 2 rings (SSSR count). The van der Waals surface area contributed by atoms with Gasteiger partial charge in [0.1, 0.15) is 0 Å². The summed E-state index contributed by atoms with van der Waals surface area (Å²) in [5.74, 6) is 0.962. The van der Waals surface area contributed by atoms with Crippen molar-refractivity contribution in [2.24, 2.45) is 5.92 Å². The van der Waals surface area contributed by atoms with Crippen molar-refractivity contribution in [2.75, 3.05) is 6.54 Å². The summed E-state index contributed by atoms with van der Waals surface area (Å²) in [6.45, 7) is 5.13. The van der Waals surface area contributed by atoms with Crippen molar-refractivity contribution in [3.8, 4) is 0 Å². The van der Waals surface area contributed by atoms with Gasteiger partial charge in [-0.15, -0.1) is 6.58 Å². The Labute approximate surface area is 81.6 Å². The molecule has 1 aliphatic carbocycles. The first-order valence-electron chi connectivity index (χ1n) is 5.73. The molecule has 1 saturated carbocycles. The van der Waals surface area contributed by atoms with Crippen LogP contribution in [0.5, 0.6) is 0 Å². The van der Waals surface area contributed by atoms with Crippen molar-refractivity contribution in [2.45, 2.75) is 50.5 Å². The summed E-state index contributed by atoms with van der Waals surface area (Å²) in [7, 11) is 0. The lowest BCUT2D eigenvalue weighted by atomic mass is 9.85. The average molecular weight is 179 g/mol. The molecule has 1 aliphatic heterocycles. The number of rotatable bonds is 3. The summed E-state index contributed by atoms with van der Waals surface area (Å²) in [6.07, 6.45) is 11.8. The molecule has 1 nitrogen and oxygen atoms in total. The van der Waals surface area contributed by atoms with Crippen LogP contribution < -0.4 is 5.32 Å². The van der Waals surface area contributed by atoms with E-state index < -0.39 is 0 Å². The molecule has 0 aromatic carbocycles. The highest BCUT2D eigenvalue weighted by molar-refractivity contribution is 5.04. The van der Waals surface area contributed by atoms with Gasteiger partial charge in [-0.05, 0) is 44.6 Å². The van der Waals surface area contributed by atoms with Crippen LogP contribution in [0.2, 0.25) is 0 Å². The molecule has 0 aromatic heterocycles. The molecule has 1 saturated heterocycles. The van der Waals surface area contributed by atoms with Gasteiger partial charge in [-0.25, -0.2) is 0 Å². The van der Waals surface area contributed by atoms with Crippen LogP contribution in [-0.4, -0.2) is 12.1 Å². The van der Waals surface area contributed by atoms with E-state index in [2.05, 4.69) is 18.0 Å². The van der Waals surface area contributed by atoms with E-state index in [4.69, 9.17) is 0 Å². The van der Waals surface area contributed by atoms with E-state index in [0.29, 0.717) is 5.54 Å².